The molecule has 1 aromatic rings. The van der Waals surface area contributed by atoms with Gasteiger partial charge in [0.2, 0.25) is 5.91 Å². The van der Waals surface area contributed by atoms with Crippen LogP contribution in [0.1, 0.15) is 0 Å². The van der Waals surface area contributed by atoms with E-state index in [1.165, 1.54) is 0 Å². The molecule has 5 nitrogen and oxygen atoms in total. The Balaban J connectivity index is 1.80. The molecule has 3 amide bonds. The maximum Gasteiger partial charge on any atom is 0.324 e. The summed E-state index contributed by atoms with van der Waals surface area (Å²) in [5.41, 5.74) is 0. The van der Waals surface area contributed by atoms with Crippen molar-refractivity contribution in [3.05, 3.63) is 30.3 Å². The smallest absolute Gasteiger partial charge is 0.324 e. The first-order chi connectivity index (χ1) is 7.77. The molecule has 0 bridgehead atoms. The van der Waals surface area contributed by atoms with Gasteiger partial charge in [-0.05, 0) is 12.1 Å². The van der Waals surface area contributed by atoms with Gasteiger partial charge in [0.25, 0.3) is 0 Å². The lowest BCUT2D eigenvalue weighted by atomic mass is 10.3. The van der Waals surface area contributed by atoms with E-state index in [1.54, 1.807) is 0 Å². The molecule has 0 atom stereocenters. The Hall–Kier alpha value is -2.04. The van der Waals surface area contributed by atoms with Crippen LogP contribution in [-0.4, -0.2) is 36.5 Å². The second-order valence-corrected chi connectivity index (χ2v) is 3.37. The van der Waals surface area contributed by atoms with Crippen molar-refractivity contribution >= 4 is 11.9 Å². The summed E-state index contributed by atoms with van der Waals surface area (Å²) in [6.07, 6.45) is 0. The minimum atomic E-state index is -0.346. The quantitative estimate of drug-likeness (QED) is 0.756. The van der Waals surface area contributed by atoms with Crippen LogP contribution in [0.15, 0.2) is 30.3 Å². The number of hydrogen-bond acceptors (Lipinski definition) is 3. The number of imide groups is 1. The summed E-state index contributed by atoms with van der Waals surface area (Å²) in [5, 5.41) is 2.45. The molecule has 0 spiro atoms. The number of carbonyl (C=O) groups excluding carboxylic acids is 2. The molecule has 1 saturated heterocycles. The molecule has 1 aromatic carbocycles. The van der Waals surface area contributed by atoms with Gasteiger partial charge >= 0.3 is 6.03 Å². The van der Waals surface area contributed by atoms with Crippen molar-refractivity contribution in [1.82, 2.24) is 10.2 Å². The van der Waals surface area contributed by atoms with Crippen molar-refractivity contribution in [1.29, 1.82) is 0 Å². The average Bonchev–Trinajstić information content (AvgIpc) is 2.62. The van der Waals surface area contributed by atoms with Crippen molar-refractivity contribution in [2.45, 2.75) is 0 Å². The lowest BCUT2D eigenvalue weighted by molar-refractivity contribution is -0.125. The fraction of sp³-hybridized carbons (Fsp3) is 0.273. The summed E-state index contributed by atoms with van der Waals surface area (Å²) in [4.78, 5) is 23.5. The van der Waals surface area contributed by atoms with Crippen LogP contribution in [0.3, 0.4) is 0 Å². The van der Waals surface area contributed by atoms with Gasteiger partial charge in [0.1, 0.15) is 12.4 Å². The summed E-state index contributed by atoms with van der Waals surface area (Å²) in [6, 6.07) is 8.93. The molecule has 0 radical (unpaired) electrons. The number of hydrogen-bond donors (Lipinski definition) is 1. The molecule has 5 heteroatoms. The Morgan fingerprint density at radius 3 is 2.62 bits per heavy atom. The molecular formula is C11H12N2O3. The van der Waals surface area contributed by atoms with Crippen LogP contribution in [0.25, 0.3) is 0 Å². The number of para-hydroxylation sites is 1. The van der Waals surface area contributed by atoms with Gasteiger partial charge in [-0.15, -0.1) is 0 Å². The van der Waals surface area contributed by atoms with E-state index in [0.29, 0.717) is 6.61 Å². The Labute approximate surface area is 93.0 Å². The second-order valence-electron chi connectivity index (χ2n) is 3.37. The standard InChI is InChI=1S/C11H12N2O3/c14-10-8-12-11(15)13(10)6-7-16-9-4-2-1-3-5-9/h1-5H,6-8H2,(H,12,15). The first kappa shape index (κ1) is 10.5. The zero-order valence-corrected chi connectivity index (χ0v) is 8.68. The Morgan fingerprint density at radius 1 is 1.25 bits per heavy atom. The zero-order valence-electron chi connectivity index (χ0n) is 8.68. The third-order valence-electron chi connectivity index (χ3n) is 2.26. The third kappa shape index (κ3) is 2.31. The zero-order chi connectivity index (χ0) is 11.4. The molecule has 0 saturated carbocycles. The van der Waals surface area contributed by atoms with Gasteiger partial charge in [0.05, 0.1) is 13.1 Å². The number of benzene rings is 1. The van der Waals surface area contributed by atoms with Gasteiger partial charge in [0, 0.05) is 0 Å². The normalized spacial score (nSPS) is 15.1. The van der Waals surface area contributed by atoms with E-state index in [4.69, 9.17) is 4.74 Å². The van der Waals surface area contributed by atoms with Crippen molar-refractivity contribution in [3.8, 4) is 5.75 Å². The van der Waals surface area contributed by atoms with Gasteiger partial charge in [0.15, 0.2) is 0 Å². The van der Waals surface area contributed by atoms with E-state index >= 15 is 0 Å². The molecule has 2 rings (SSSR count). The summed E-state index contributed by atoms with van der Waals surface area (Å²) < 4.78 is 5.39. The number of carbonyl (C=O) groups is 2. The third-order valence-corrected chi connectivity index (χ3v) is 2.26. The van der Waals surface area contributed by atoms with E-state index < -0.39 is 0 Å². The minimum Gasteiger partial charge on any atom is -0.492 e. The van der Waals surface area contributed by atoms with Gasteiger partial charge in [-0.25, -0.2) is 4.79 Å². The molecule has 0 aromatic heterocycles. The maximum absolute atomic E-state index is 11.2. The van der Waals surface area contributed by atoms with E-state index in [-0.39, 0.29) is 25.0 Å². The van der Waals surface area contributed by atoms with Crippen molar-refractivity contribution in [3.63, 3.8) is 0 Å². The highest BCUT2D eigenvalue weighted by atomic mass is 16.5. The van der Waals surface area contributed by atoms with Crippen LogP contribution in [-0.2, 0) is 4.79 Å². The van der Waals surface area contributed by atoms with E-state index in [9.17, 15) is 9.59 Å². The molecule has 0 unspecified atom stereocenters. The monoisotopic (exact) mass is 220 g/mol. The molecule has 0 aliphatic carbocycles. The highest BCUT2D eigenvalue weighted by Gasteiger charge is 2.27. The molecule has 1 heterocycles. The Morgan fingerprint density at radius 2 is 2.00 bits per heavy atom. The lowest BCUT2D eigenvalue weighted by Gasteiger charge is -2.12. The molecule has 1 fully saturated rings. The molecule has 84 valence electrons. The Kier molecular flexibility index (Phi) is 3.05. The number of urea groups is 1. The van der Waals surface area contributed by atoms with Crippen LogP contribution in [0.2, 0.25) is 0 Å². The lowest BCUT2D eigenvalue weighted by Crippen LogP contribution is -2.34. The summed E-state index contributed by atoms with van der Waals surface area (Å²) in [6.45, 7) is 0.674. The number of ether oxygens (including phenoxy) is 1. The average molecular weight is 220 g/mol. The highest BCUT2D eigenvalue weighted by molar-refractivity contribution is 6.01. The van der Waals surface area contributed by atoms with Gasteiger partial charge in [-0.2, -0.15) is 0 Å². The van der Waals surface area contributed by atoms with Crippen molar-refractivity contribution in [2.24, 2.45) is 0 Å². The topological polar surface area (TPSA) is 58.6 Å². The first-order valence-corrected chi connectivity index (χ1v) is 5.03. The molecule has 1 N–H and O–H groups in total. The van der Waals surface area contributed by atoms with E-state index in [2.05, 4.69) is 5.32 Å². The fourth-order valence-corrected chi connectivity index (χ4v) is 1.45. The molecule has 16 heavy (non-hydrogen) atoms. The van der Waals surface area contributed by atoms with Crippen LogP contribution in [0, 0.1) is 0 Å². The molecule has 1 aliphatic heterocycles. The number of amides is 3. The maximum atomic E-state index is 11.2. The van der Waals surface area contributed by atoms with Crippen LogP contribution in [0.5, 0.6) is 5.75 Å². The number of rotatable bonds is 4. The fourth-order valence-electron chi connectivity index (χ4n) is 1.45. The van der Waals surface area contributed by atoms with Crippen LogP contribution < -0.4 is 10.1 Å². The number of nitrogens with one attached hydrogen (secondary N) is 1. The van der Waals surface area contributed by atoms with Gasteiger partial charge in [-0.1, -0.05) is 18.2 Å². The summed E-state index contributed by atoms with van der Waals surface area (Å²) >= 11 is 0. The SMILES string of the molecule is O=C1CNC(=O)N1CCOc1ccccc1. The van der Waals surface area contributed by atoms with Crippen LogP contribution in [0.4, 0.5) is 4.79 Å². The highest BCUT2D eigenvalue weighted by Crippen LogP contribution is 2.08. The molecule has 1 aliphatic rings. The van der Waals surface area contributed by atoms with E-state index in [1.807, 2.05) is 30.3 Å². The second kappa shape index (κ2) is 4.65. The minimum absolute atomic E-state index is 0.0875. The number of nitrogens with zero attached hydrogens (tertiary/aromatic N) is 1. The Bertz CT molecular complexity index is 375. The van der Waals surface area contributed by atoms with Gasteiger partial charge in [-0.3, -0.25) is 9.69 Å². The first-order valence-electron chi connectivity index (χ1n) is 5.03. The predicted molar refractivity (Wildman–Crippen MR) is 57.0 cm³/mol. The summed E-state index contributed by atoms with van der Waals surface area (Å²) in [7, 11) is 0. The van der Waals surface area contributed by atoms with Crippen LogP contribution >= 0.6 is 0 Å². The van der Waals surface area contributed by atoms with Gasteiger partial charge < -0.3 is 10.1 Å². The van der Waals surface area contributed by atoms with Crippen molar-refractivity contribution in [2.75, 3.05) is 19.7 Å². The van der Waals surface area contributed by atoms with E-state index in [0.717, 1.165) is 10.6 Å². The molecular weight excluding hydrogens is 208 g/mol. The predicted octanol–water partition coefficient (Wildman–Crippen LogP) is 0.617. The van der Waals surface area contributed by atoms with Crippen molar-refractivity contribution < 1.29 is 14.3 Å². The largest absolute Gasteiger partial charge is 0.492 e. The summed E-state index contributed by atoms with van der Waals surface area (Å²) in [5.74, 6) is 0.524.